The highest BCUT2D eigenvalue weighted by atomic mass is 31.2. The van der Waals surface area contributed by atoms with Gasteiger partial charge in [-0.25, -0.2) is 4.57 Å². The third-order valence-electron chi connectivity index (χ3n) is 5.65. The van der Waals surface area contributed by atoms with Gasteiger partial charge in [-0.3, -0.25) is 9.05 Å². The zero-order valence-electron chi connectivity index (χ0n) is 22.1. The maximum absolute atomic E-state index is 11.8. The molecule has 2 atom stereocenters. The fraction of sp³-hybridized carbons (Fsp3) is 1.00. The Morgan fingerprint density at radius 3 is 1.61 bits per heavy atom. The average Bonchev–Trinajstić information content (AvgIpc) is 2.73. The van der Waals surface area contributed by atoms with Gasteiger partial charge >= 0.3 is 7.82 Å². The molecule has 0 aliphatic rings. The van der Waals surface area contributed by atoms with E-state index in [0.717, 1.165) is 12.8 Å². The zero-order chi connectivity index (χ0) is 24.8. The van der Waals surface area contributed by atoms with E-state index in [9.17, 15) is 14.6 Å². The maximum atomic E-state index is 11.8. The second-order valence-electron chi connectivity index (χ2n) is 10.3. The number of aliphatic hydroxyl groups excluding tert-OH is 1. The van der Waals surface area contributed by atoms with Crippen molar-refractivity contribution in [3.8, 4) is 0 Å². The quantitative estimate of drug-likeness (QED) is 0.0906. The van der Waals surface area contributed by atoms with E-state index in [-0.39, 0.29) is 19.8 Å². The van der Waals surface area contributed by atoms with Crippen LogP contribution in [0.3, 0.4) is 0 Å². The molecule has 200 valence electrons. The first-order valence-electron chi connectivity index (χ1n) is 13.3. The lowest BCUT2D eigenvalue weighted by Crippen LogP contribution is -2.37. The summed E-state index contributed by atoms with van der Waals surface area (Å²) in [5.74, 6) is 0. The van der Waals surface area contributed by atoms with Crippen LogP contribution in [0.4, 0.5) is 0 Å². The summed E-state index contributed by atoms with van der Waals surface area (Å²) >= 11 is 0. The average molecular weight is 497 g/mol. The van der Waals surface area contributed by atoms with Crippen molar-refractivity contribution >= 4 is 7.82 Å². The fourth-order valence-corrected chi connectivity index (χ4v) is 4.24. The molecule has 33 heavy (non-hydrogen) atoms. The molecule has 0 fully saturated rings. The molecule has 8 heteroatoms. The van der Waals surface area contributed by atoms with Crippen molar-refractivity contribution in [2.45, 2.75) is 109 Å². The Labute approximate surface area is 204 Å². The van der Waals surface area contributed by atoms with E-state index in [4.69, 9.17) is 13.8 Å². The van der Waals surface area contributed by atoms with Crippen LogP contribution in [-0.2, 0) is 18.3 Å². The molecule has 0 aromatic carbocycles. The minimum Gasteiger partial charge on any atom is -0.388 e. The predicted molar refractivity (Wildman–Crippen MR) is 136 cm³/mol. The van der Waals surface area contributed by atoms with Crippen molar-refractivity contribution in [2.24, 2.45) is 0 Å². The Kier molecular flexibility index (Phi) is 21.3. The lowest BCUT2D eigenvalue weighted by Gasteiger charge is -2.24. The zero-order valence-corrected chi connectivity index (χ0v) is 23.0. The molecule has 0 spiro atoms. The summed E-state index contributed by atoms with van der Waals surface area (Å²) in [7, 11) is 1.76. The lowest BCUT2D eigenvalue weighted by atomic mass is 10.0. The van der Waals surface area contributed by atoms with E-state index in [1.807, 2.05) is 21.1 Å². The number of hydrogen-bond acceptors (Lipinski definition) is 5. The van der Waals surface area contributed by atoms with Gasteiger partial charge in [-0.2, -0.15) is 0 Å². The Morgan fingerprint density at radius 2 is 1.15 bits per heavy atom. The topological polar surface area (TPSA) is 85.2 Å². The van der Waals surface area contributed by atoms with Crippen LogP contribution in [0.15, 0.2) is 0 Å². The molecule has 0 aromatic heterocycles. The van der Waals surface area contributed by atoms with Crippen LogP contribution in [-0.4, -0.2) is 74.7 Å². The smallest absolute Gasteiger partial charge is 0.388 e. The van der Waals surface area contributed by atoms with Gasteiger partial charge in [0.2, 0.25) is 0 Å². The molecule has 0 aromatic rings. The Balaban J connectivity index is 3.38. The van der Waals surface area contributed by atoms with Crippen LogP contribution in [0.1, 0.15) is 103 Å². The van der Waals surface area contributed by atoms with E-state index < -0.39 is 13.9 Å². The van der Waals surface area contributed by atoms with Crippen LogP contribution in [0.5, 0.6) is 0 Å². The van der Waals surface area contributed by atoms with Gasteiger partial charge in [0.15, 0.2) is 0 Å². The molecule has 0 radical (unpaired) electrons. The van der Waals surface area contributed by atoms with Gasteiger partial charge in [0.05, 0.1) is 34.4 Å². The second-order valence-corrected chi connectivity index (χ2v) is 11.7. The number of quaternary nitrogens is 1. The second kappa shape index (κ2) is 21.3. The SMILES string of the molecule is CCCCCCCCCCCCCCCCCOC[C@@H](O)COP(=O)(O)OCC[N+](C)(C)C. The number of aliphatic hydroxyl groups is 1. The standard InChI is InChI=1S/C25H54NO6P/c1-5-6-7-8-9-10-11-12-13-14-15-16-17-18-19-21-30-23-25(27)24-32-33(28,29)31-22-20-26(2,3)4/h25,27H,5-24H2,1-4H3/p+1/t25-/m1/s1. The summed E-state index contributed by atoms with van der Waals surface area (Å²) < 4.78 is 27.6. The van der Waals surface area contributed by atoms with Gasteiger partial charge in [0, 0.05) is 6.61 Å². The molecule has 2 N–H and O–H groups in total. The minimum absolute atomic E-state index is 0.0947. The number of hydrogen-bond donors (Lipinski definition) is 2. The molecular formula is C25H55NO6P+. The van der Waals surface area contributed by atoms with Crippen molar-refractivity contribution in [1.29, 1.82) is 0 Å². The number of nitrogens with zero attached hydrogens (tertiary/aromatic N) is 1. The van der Waals surface area contributed by atoms with Crippen LogP contribution in [0, 0.1) is 0 Å². The summed E-state index contributed by atoms with van der Waals surface area (Å²) in [4.78, 5) is 9.63. The van der Waals surface area contributed by atoms with E-state index in [0.29, 0.717) is 17.6 Å². The van der Waals surface area contributed by atoms with Gasteiger partial charge in [0.25, 0.3) is 0 Å². The predicted octanol–water partition coefficient (Wildman–Crippen LogP) is 6.08. The van der Waals surface area contributed by atoms with Crippen molar-refractivity contribution in [3.63, 3.8) is 0 Å². The number of likely N-dealkylation sites (N-methyl/N-ethyl adjacent to an activating group) is 1. The third kappa shape index (κ3) is 26.4. The Morgan fingerprint density at radius 1 is 0.697 bits per heavy atom. The molecular weight excluding hydrogens is 441 g/mol. The highest BCUT2D eigenvalue weighted by molar-refractivity contribution is 7.47. The molecule has 0 aliphatic heterocycles. The lowest BCUT2D eigenvalue weighted by molar-refractivity contribution is -0.870. The van der Waals surface area contributed by atoms with Gasteiger partial charge in [0.1, 0.15) is 19.3 Å². The maximum Gasteiger partial charge on any atom is 0.472 e. The highest BCUT2D eigenvalue weighted by Gasteiger charge is 2.24. The highest BCUT2D eigenvalue weighted by Crippen LogP contribution is 2.43. The molecule has 0 saturated heterocycles. The Bertz CT molecular complexity index is 472. The summed E-state index contributed by atoms with van der Waals surface area (Å²) in [5.41, 5.74) is 0. The molecule has 0 saturated carbocycles. The summed E-state index contributed by atoms with van der Waals surface area (Å²) in [6.45, 7) is 3.37. The van der Waals surface area contributed by atoms with Crippen LogP contribution < -0.4 is 0 Å². The molecule has 7 nitrogen and oxygen atoms in total. The summed E-state index contributed by atoms with van der Waals surface area (Å²) in [6.07, 6.45) is 18.9. The van der Waals surface area contributed by atoms with Crippen LogP contribution in [0.2, 0.25) is 0 Å². The molecule has 0 amide bonds. The molecule has 0 rings (SSSR count). The minimum atomic E-state index is -4.14. The van der Waals surface area contributed by atoms with Crippen molar-refractivity contribution < 1.29 is 32.8 Å². The van der Waals surface area contributed by atoms with Gasteiger partial charge in [-0.05, 0) is 6.42 Å². The van der Waals surface area contributed by atoms with Gasteiger partial charge < -0.3 is 19.2 Å². The number of rotatable bonds is 25. The molecule has 0 heterocycles. The fourth-order valence-electron chi connectivity index (χ4n) is 3.49. The van der Waals surface area contributed by atoms with E-state index in [1.54, 1.807) is 0 Å². The first-order chi connectivity index (χ1) is 15.7. The molecule has 0 aliphatic carbocycles. The number of phosphoric acid groups is 1. The number of ether oxygens (including phenoxy) is 1. The number of phosphoric ester groups is 1. The normalized spacial score (nSPS) is 15.0. The molecule has 0 bridgehead atoms. The van der Waals surface area contributed by atoms with E-state index >= 15 is 0 Å². The first-order valence-corrected chi connectivity index (χ1v) is 14.8. The Hall–Kier alpha value is -0.0100. The third-order valence-corrected chi connectivity index (χ3v) is 6.63. The summed E-state index contributed by atoms with van der Waals surface area (Å²) in [6, 6.07) is 0. The number of unbranched alkanes of at least 4 members (excludes halogenated alkanes) is 14. The van der Waals surface area contributed by atoms with Gasteiger partial charge in [-0.15, -0.1) is 0 Å². The van der Waals surface area contributed by atoms with Crippen molar-refractivity contribution in [3.05, 3.63) is 0 Å². The first kappa shape index (κ1) is 33.0. The van der Waals surface area contributed by atoms with E-state index in [1.165, 1.54) is 83.5 Å². The van der Waals surface area contributed by atoms with Gasteiger partial charge in [-0.1, -0.05) is 96.8 Å². The monoisotopic (exact) mass is 496 g/mol. The summed E-state index contributed by atoms with van der Waals surface area (Å²) in [5, 5.41) is 9.85. The van der Waals surface area contributed by atoms with Crippen molar-refractivity contribution in [1.82, 2.24) is 0 Å². The largest absolute Gasteiger partial charge is 0.472 e. The van der Waals surface area contributed by atoms with Crippen molar-refractivity contribution in [2.75, 3.05) is 54.1 Å². The van der Waals surface area contributed by atoms with Crippen LogP contribution >= 0.6 is 7.82 Å². The molecule has 1 unspecified atom stereocenters. The van der Waals surface area contributed by atoms with Crippen LogP contribution in [0.25, 0.3) is 0 Å². The van der Waals surface area contributed by atoms with E-state index in [2.05, 4.69) is 6.92 Å².